The van der Waals surface area contributed by atoms with Crippen LogP contribution >= 0.6 is 0 Å². The molecule has 2 atom stereocenters. The number of benzene rings is 1. The first-order chi connectivity index (χ1) is 13.0. The molecule has 150 valence electrons. The highest BCUT2D eigenvalue weighted by molar-refractivity contribution is 7.90. The fraction of sp³-hybridized carbons (Fsp3) is 0.700. The van der Waals surface area contributed by atoms with Gasteiger partial charge in [-0.2, -0.15) is 0 Å². The third kappa shape index (κ3) is 4.06. The van der Waals surface area contributed by atoms with Crippen LogP contribution in [0.25, 0.3) is 0 Å². The van der Waals surface area contributed by atoms with Crippen LogP contribution in [0.4, 0.5) is 4.39 Å². The molecule has 1 aromatic rings. The second kappa shape index (κ2) is 7.78. The summed E-state index contributed by atoms with van der Waals surface area (Å²) < 4.78 is 40.8. The topological polar surface area (TPSA) is 52.6 Å². The Kier molecular flexibility index (Phi) is 5.56. The molecular formula is C20H30FN3O2S. The zero-order chi connectivity index (χ0) is 19.0. The first-order valence-corrected chi connectivity index (χ1v) is 11.7. The normalized spacial score (nSPS) is 27.6. The van der Waals surface area contributed by atoms with E-state index in [1.54, 1.807) is 16.4 Å². The van der Waals surface area contributed by atoms with E-state index in [1.807, 2.05) is 6.07 Å². The lowest BCUT2D eigenvalue weighted by Gasteiger charge is -2.45. The summed E-state index contributed by atoms with van der Waals surface area (Å²) in [6.07, 6.45) is 3.30. The Morgan fingerprint density at radius 2 is 1.89 bits per heavy atom. The minimum absolute atomic E-state index is 0.138. The van der Waals surface area contributed by atoms with Gasteiger partial charge >= 0.3 is 0 Å². The lowest BCUT2D eigenvalue weighted by atomic mass is 9.84. The second-order valence-corrected chi connectivity index (χ2v) is 10.5. The molecule has 27 heavy (non-hydrogen) atoms. The molecule has 0 spiro atoms. The van der Waals surface area contributed by atoms with Gasteiger partial charge in [0.2, 0.25) is 10.0 Å². The standard InChI is InChI=1S/C20H30FN3O2S/c1-15-14-22-9-12-24(15)20(17-3-2-4-18(21)13-17)16-7-10-23(11-8-16)27(25,26)19-5-6-19/h2-4,13,15-16,19-20,22H,5-12,14H2,1H3/t15-,20+/m0/s1. The fourth-order valence-corrected chi connectivity index (χ4v) is 6.59. The van der Waals surface area contributed by atoms with Crippen molar-refractivity contribution >= 4 is 10.0 Å². The van der Waals surface area contributed by atoms with Crippen molar-refractivity contribution in [3.8, 4) is 0 Å². The zero-order valence-electron chi connectivity index (χ0n) is 16.0. The van der Waals surface area contributed by atoms with E-state index in [2.05, 4.69) is 17.1 Å². The molecular weight excluding hydrogens is 365 g/mol. The minimum Gasteiger partial charge on any atom is -0.314 e. The van der Waals surface area contributed by atoms with Crippen LogP contribution in [0.3, 0.4) is 0 Å². The molecule has 0 radical (unpaired) electrons. The number of sulfonamides is 1. The van der Waals surface area contributed by atoms with Crippen molar-refractivity contribution < 1.29 is 12.8 Å². The predicted octanol–water partition coefficient (Wildman–Crippen LogP) is 2.36. The Labute approximate surface area is 162 Å². The zero-order valence-corrected chi connectivity index (χ0v) is 16.8. The van der Waals surface area contributed by atoms with Gasteiger partial charge < -0.3 is 5.32 Å². The van der Waals surface area contributed by atoms with Gasteiger partial charge in [-0.3, -0.25) is 4.90 Å². The highest BCUT2D eigenvalue weighted by Gasteiger charge is 2.43. The number of hydrogen-bond acceptors (Lipinski definition) is 4. The molecule has 3 fully saturated rings. The van der Waals surface area contributed by atoms with Crippen LogP contribution in [-0.4, -0.2) is 61.6 Å². The van der Waals surface area contributed by atoms with Gasteiger partial charge in [-0.05, 0) is 56.2 Å². The number of hydrogen-bond donors (Lipinski definition) is 1. The lowest BCUT2D eigenvalue weighted by Crippen LogP contribution is -2.53. The average molecular weight is 396 g/mol. The minimum atomic E-state index is -3.10. The monoisotopic (exact) mass is 395 g/mol. The Hall–Kier alpha value is -1.02. The SMILES string of the molecule is C[C@H]1CNCCN1[C@@H](c1cccc(F)c1)C1CCN(S(=O)(=O)C2CC2)CC1. The van der Waals surface area contributed by atoms with Crippen LogP contribution < -0.4 is 5.32 Å². The first-order valence-electron chi connectivity index (χ1n) is 10.2. The van der Waals surface area contributed by atoms with Gasteiger partial charge in [0, 0.05) is 44.8 Å². The number of piperazine rings is 1. The summed E-state index contributed by atoms with van der Waals surface area (Å²) in [6, 6.07) is 7.48. The van der Waals surface area contributed by atoms with Gasteiger partial charge in [0.1, 0.15) is 5.82 Å². The maximum atomic E-state index is 14.0. The van der Waals surface area contributed by atoms with Crippen molar-refractivity contribution in [3.63, 3.8) is 0 Å². The molecule has 0 unspecified atom stereocenters. The van der Waals surface area contributed by atoms with E-state index in [0.717, 1.165) is 50.9 Å². The summed E-state index contributed by atoms with van der Waals surface area (Å²) in [7, 11) is -3.10. The number of nitrogens with zero attached hydrogens (tertiary/aromatic N) is 2. The molecule has 0 amide bonds. The molecule has 1 aromatic carbocycles. The van der Waals surface area contributed by atoms with E-state index in [1.165, 1.54) is 6.07 Å². The highest BCUT2D eigenvalue weighted by atomic mass is 32.2. The summed E-state index contributed by atoms with van der Waals surface area (Å²) in [6.45, 7) is 6.20. The molecule has 2 heterocycles. The van der Waals surface area contributed by atoms with Gasteiger partial charge in [0.05, 0.1) is 5.25 Å². The Balaban J connectivity index is 1.54. The number of halogens is 1. The van der Waals surface area contributed by atoms with Gasteiger partial charge in [-0.1, -0.05) is 12.1 Å². The van der Waals surface area contributed by atoms with E-state index in [0.29, 0.717) is 25.0 Å². The van der Waals surface area contributed by atoms with Crippen LogP contribution in [0.2, 0.25) is 0 Å². The molecule has 2 saturated heterocycles. The third-order valence-corrected chi connectivity index (χ3v) is 8.75. The van der Waals surface area contributed by atoms with Gasteiger partial charge in [0.15, 0.2) is 0 Å². The van der Waals surface area contributed by atoms with Crippen LogP contribution in [0.15, 0.2) is 24.3 Å². The van der Waals surface area contributed by atoms with E-state index < -0.39 is 10.0 Å². The molecule has 7 heteroatoms. The molecule has 1 N–H and O–H groups in total. The van der Waals surface area contributed by atoms with Crippen molar-refractivity contribution in [2.75, 3.05) is 32.7 Å². The lowest BCUT2D eigenvalue weighted by molar-refractivity contribution is 0.0581. The molecule has 1 aliphatic carbocycles. The average Bonchev–Trinajstić information content (AvgIpc) is 3.50. The largest absolute Gasteiger partial charge is 0.314 e. The molecule has 0 bridgehead atoms. The number of nitrogens with one attached hydrogen (secondary N) is 1. The van der Waals surface area contributed by atoms with Gasteiger partial charge in [0.25, 0.3) is 0 Å². The first kappa shape index (κ1) is 19.3. The molecule has 5 nitrogen and oxygen atoms in total. The van der Waals surface area contributed by atoms with E-state index in [9.17, 15) is 12.8 Å². The molecule has 1 saturated carbocycles. The van der Waals surface area contributed by atoms with Crippen LogP contribution in [0.5, 0.6) is 0 Å². The number of rotatable bonds is 5. The van der Waals surface area contributed by atoms with Crippen molar-refractivity contribution in [1.82, 2.24) is 14.5 Å². The van der Waals surface area contributed by atoms with E-state index in [4.69, 9.17) is 0 Å². The van der Waals surface area contributed by atoms with Crippen LogP contribution in [0, 0.1) is 11.7 Å². The predicted molar refractivity (Wildman–Crippen MR) is 104 cm³/mol. The Morgan fingerprint density at radius 1 is 1.15 bits per heavy atom. The highest BCUT2D eigenvalue weighted by Crippen LogP contribution is 2.39. The summed E-state index contributed by atoms with van der Waals surface area (Å²) in [5.74, 6) is 0.145. The summed E-state index contributed by atoms with van der Waals surface area (Å²) >= 11 is 0. The number of piperidine rings is 1. The van der Waals surface area contributed by atoms with Crippen molar-refractivity contribution in [3.05, 3.63) is 35.6 Å². The second-order valence-electron chi connectivity index (χ2n) is 8.27. The molecule has 0 aromatic heterocycles. The maximum absolute atomic E-state index is 14.0. The van der Waals surface area contributed by atoms with Crippen LogP contribution in [-0.2, 0) is 10.0 Å². The maximum Gasteiger partial charge on any atom is 0.216 e. The molecule has 2 aliphatic heterocycles. The Bertz CT molecular complexity index is 760. The fourth-order valence-electron chi connectivity index (χ4n) is 4.72. The van der Waals surface area contributed by atoms with Crippen molar-refractivity contribution in [2.24, 2.45) is 5.92 Å². The third-order valence-electron chi connectivity index (χ3n) is 6.35. The molecule has 4 rings (SSSR count). The van der Waals surface area contributed by atoms with Gasteiger partial charge in [-0.25, -0.2) is 17.1 Å². The van der Waals surface area contributed by atoms with Crippen molar-refractivity contribution in [1.29, 1.82) is 0 Å². The van der Waals surface area contributed by atoms with E-state index in [-0.39, 0.29) is 17.1 Å². The van der Waals surface area contributed by atoms with Crippen LogP contribution in [0.1, 0.15) is 44.2 Å². The molecule has 3 aliphatic rings. The quantitative estimate of drug-likeness (QED) is 0.832. The summed E-state index contributed by atoms with van der Waals surface area (Å²) in [5, 5.41) is 3.29. The van der Waals surface area contributed by atoms with Crippen molar-refractivity contribution in [2.45, 2.75) is 49.9 Å². The summed E-state index contributed by atoms with van der Waals surface area (Å²) in [4.78, 5) is 2.49. The smallest absolute Gasteiger partial charge is 0.216 e. The Morgan fingerprint density at radius 3 is 2.52 bits per heavy atom. The summed E-state index contributed by atoms with van der Waals surface area (Å²) in [5.41, 5.74) is 1.02. The van der Waals surface area contributed by atoms with Gasteiger partial charge in [-0.15, -0.1) is 0 Å². The van der Waals surface area contributed by atoms with E-state index >= 15 is 0 Å².